The minimum Gasteiger partial charge on any atom is -0.376 e. The molecule has 0 aliphatic carbocycles. The van der Waals surface area contributed by atoms with Crippen molar-refractivity contribution < 1.29 is 4.74 Å². The van der Waals surface area contributed by atoms with E-state index in [1.54, 1.807) is 0 Å². The van der Waals surface area contributed by atoms with Crippen molar-refractivity contribution in [2.75, 3.05) is 6.61 Å². The van der Waals surface area contributed by atoms with Gasteiger partial charge in [-0.25, -0.2) is 0 Å². The smallest absolute Gasteiger partial charge is 0.0598 e. The molecule has 0 aliphatic rings. The summed E-state index contributed by atoms with van der Waals surface area (Å²) in [5, 5.41) is 0. The summed E-state index contributed by atoms with van der Waals surface area (Å²) >= 11 is 0. The summed E-state index contributed by atoms with van der Waals surface area (Å²) in [6.45, 7) is 12.1. The Morgan fingerprint density at radius 1 is 0.519 bits per heavy atom. The summed E-state index contributed by atoms with van der Waals surface area (Å²) in [6.07, 6.45) is 25.5. The second-order valence-electron chi connectivity index (χ2n) is 9.82. The zero-order chi connectivity index (χ0) is 20.2. The predicted octanol–water partition coefficient (Wildman–Crippen LogP) is 9.48. The van der Waals surface area contributed by atoms with Crippen molar-refractivity contribution in [2.45, 2.75) is 156 Å². The van der Waals surface area contributed by atoms with Gasteiger partial charge in [-0.3, -0.25) is 0 Å². The molecule has 1 nitrogen and oxygen atoms in total. The summed E-state index contributed by atoms with van der Waals surface area (Å²) in [5.74, 6) is 0.782. The van der Waals surface area contributed by atoms with Gasteiger partial charge in [0, 0.05) is 0 Å². The lowest BCUT2D eigenvalue weighted by Crippen LogP contribution is -2.23. The third kappa shape index (κ3) is 22.1. The van der Waals surface area contributed by atoms with Crippen LogP contribution in [0.2, 0.25) is 0 Å². The maximum absolute atomic E-state index is 6.14. The highest BCUT2D eigenvalue weighted by atomic mass is 16.5. The van der Waals surface area contributed by atoms with Gasteiger partial charge in [-0.15, -0.1) is 0 Å². The molecular weight excluding hydrogens is 328 g/mol. The lowest BCUT2D eigenvalue weighted by molar-refractivity contribution is -0.0255. The van der Waals surface area contributed by atoms with E-state index in [9.17, 15) is 0 Å². The van der Waals surface area contributed by atoms with Crippen LogP contribution in [0.1, 0.15) is 150 Å². The minimum absolute atomic E-state index is 0.0107. The van der Waals surface area contributed by atoms with Crippen LogP contribution in [-0.2, 0) is 4.74 Å². The number of rotatable bonds is 20. The van der Waals surface area contributed by atoms with Gasteiger partial charge in [0.05, 0.1) is 12.2 Å². The number of hydrogen-bond acceptors (Lipinski definition) is 1. The van der Waals surface area contributed by atoms with E-state index in [1.807, 2.05) is 0 Å². The maximum atomic E-state index is 6.14. The monoisotopic (exact) mass is 382 g/mol. The van der Waals surface area contributed by atoms with Gasteiger partial charge < -0.3 is 4.74 Å². The highest BCUT2D eigenvalue weighted by Gasteiger charge is 2.15. The first-order valence-electron chi connectivity index (χ1n) is 12.6. The van der Waals surface area contributed by atoms with Gasteiger partial charge in [-0.2, -0.15) is 0 Å². The molecule has 0 aliphatic heterocycles. The van der Waals surface area contributed by atoms with E-state index in [0.717, 1.165) is 12.5 Å². The first-order valence-corrected chi connectivity index (χ1v) is 12.6. The molecule has 164 valence electrons. The van der Waals surface area contributed by atoms with Crippen molar-refractivity contribution in [3.05, 3.63) is 0 Å². The molecule has 0 saturated heterocycles. The van der Waals surface area contributed by atoms with Gasteiger partial charge in [-0.1, -0.05) is 117 Å². The van der Waals surface area contributed by atoms with Crippen LogP contribution in [0, 0.1) is 5.92 Å². The Bertz CT molecular complexity index is 258. The average Bonchev–Trinajstić information content (AvgIpc) is 2.62. The van der Waals surface area contributed by atoms with Gasteiger partial charge in [0.1, 0.15) is 0 Å². The molecule has 0 N–H and O–H groups in total. The van der Waals surface area contributed by atoms with Crippen molar-refractivity contribution in [1.82, 2.24) is 0 Å². The molecule has 0 amide bonds. The van der Waals surface area contributed by atoms with Crippen LogP contribution >= 0.6 is 0 Å². The van der Waals surface area contributed by atoms with Crippen LogP contribution in [0.3, 0.4) is 0 Å². The fraction of sp³-hybridized carbons (Fsp3) is 1.00. The van der Waals surface area contributed by atoms with E-state index in [4.69, 9.17) is 4.74 Å². The molecule has 0 rings (SSSR count). The lowest BCUT2D eigenvalue weighted by Gasteiger charge is -2.24. The molecule has 0 saturated carbocycles. The first-order chi connectivity index (χ1) is 13.0. The molecule has 27 heavy (non-hydrogen) atoms. The number of unbranched alkanes of at least 4 members (excludes halogenated alkanes) is 14. The Kier molecular flexibility index (Phi) is 19.3. The lowest BCUT2D eigenvalue weighted by atomic mass is 9.94. The van der Waals surface area contributed by atoms with Crippen LogP contribution in [0.25, 0.3) is 0 Å². The van der Waals surface area contributed by atoms with E-state index in [0.29, 0.717) is 0 Å². The summed E-state index contributed by atoms with van der Waals surface area (Å²) in [6, 6.07) is 0. The summed E-state index contributed by atoms with van der Waals surface area (Å²) in [7, 11) is 0. The molecule has 0 atom stereocenters. The highest BCUT2D eigenvalue weighted by Crippen LogP contribution is 2.22. The van der Waals surface area contributed by atoms with E-state index in [1.165, 1.54) is 116 Å². The Labute approximate surface area is 173 Å². The van der Waals surface area contributed by atoms with E-state index in [-0.39, 0.29) is 5.60 Å². The maximum Gasteiger partial charge on any atom is 0.0598 e. The Morgan fingerprint density at radius 3 is 1.19 bits per heavy atom. The molecule has 0 heterocycles. The molecule has 1 heteroatoms. The molecule has 0 aromatic carbocycles. The standard InChI is InChI=1S/C26H54O/c1-6-8-10-12-14-16-18-20-22-25(24-27-26(3,4)5)23-21-19-17-15-13-11-9-7-2/h25H,6-24H2,1-5H3. The third-order valence-corrected chi connectivity index (χ3v) is 5.68. The van der Waals surface area contributed by atoms with Crippen LogP contribution < -0.4 is 0 Å². The predicted molar refractivity (Wildman–Crippen MR) is 124 cm³/mol. The van der Waals surface area contributed by atoms with Gasteiger partial charge in [0.15, 0.2) is 0 Å². The fourth-order valence-electron chi connectivity index (χ4n) is 3.81. The van der Waals surface area contributed by atoms with Gasteiger partial charge >= 0.3 is 0 Å². The molecule has 0 spiro atoms. The second-order valence-corrected chi connectivity index (χ2v) is 9.82. The first kappa shape index (κ1) is 27.0. The normalized spacial score (nSPS) is 12.2. The third-order valence-electron chi connectivity index (χ3n) is 5.68. The quantitative estimate of drug-likeness (QED) is 0.190. The van der Waals surface area contributed by atoms with Gasteiger partial charge in [0.25, 0.3) is 0 Å². The Hall–Kier alpha value is -0.0400. The van der Waals surface area contributed by atoms with E-state index >= 15 is 0 Å². The van der Waals surface area contributed by atoms with Crippen molar-refractivity contribution in [3.63, 3.8) is 0 Å². The number of ether oxygens (including phenoxy) is 1. The molecule has 0 unspecified atom stereocenters. The van der Waals surface area contributed by atoms with E-state index < -0.39 is 0 Å². The second kappa shape index (κ2) is 19.3. The van der Waals surface area contributed by atoms with Crippen molar-refractivity contribution in [3.8, 4) is 0 Å². The largest absolute Gasteiger partial charge is 0.376 e. The molecular formula is C26H54O. The molecule has 0 radical (unpaired) electrons. The Morgan fingerprint density at radius 2 is 0.852 bits per heavy atom. The van der Waals surface area contributed by atoms with Crippen LogP contribution in [0.15, 0.2) is 0 Å². The minimum atomic E-state index is 0.0107. The average molecular weight is 383 g/mol. The van der Waals surface area contributed by atoms with Crippen molar-refractivity contribution >= 4 is 0 Å². The fourth-order valence-corrected chi connectivity index (χ4v) is 3.81. The van der Waals surface area contributed by atoms with Crippen LogP contribution in [-0.4, -0.2) is 12.2 Å². The zero-order valence-electron chi connectivity index (χ0n) is 19.9. The summed E-state index contributed by atoms with van der Waals surface area (Å²) in [4.78, 5) is 0. The van der Waals surface area contributed by atoms with E-state index in [2.05, 4.69) is 34.6 Å². The molecule has 0 aromatic heterocycles. The topological polar surface area (TPSA) is 9.23 Å². The molecule has 0 bridgehead atoms. The van der Waals surface area contributed by atoms with Gasteiger partial charge in [-0.05, 0) is 39.5 Å². The SMILES string of the molecule is CCCCCCCCCCC(CCCCCCCCCC)COC(C)(C)C. The van der Waals surface area contributed by atoms with Crippen LogP contribution in [0.4, 0.5) is 0 Å². The zero-order valence-corrected chi connectivity index (χ0v) is 19.9. The molecule has 0 aromatic rings. The molecule has 0 fully saturated rings. The van der Waals surface area contributed by atoms with Crippen molar-refractivity contribution in [1.29, 1.82) is 0 Å². The van der Waals surface area contributed by atoms with Crippen molar-refractivity contribution in [2.24, 2.45) is 5.92 Å². The van der Waals surface area contributed by atoms with Gasteiger partial charge in [0.2, 0.25) is 0 Å². The highest BCUT2D eigenvalue weighted by molar-refractivity contribution is 4.65. The summed E-state index contributed by atoms with van der Waals surface area (Å²) in [5.41, 5.74) is 0.0107. The Balaban J connectivity index is 3.80. The number of hydrogen-bond donors (Lipinski definition) is 0. The van der Waals surface area contributed by atoms with Crippen LogP contribution in [0.5, 0.6) is 0 Å². The summed E-state index contributed by atoms with van der Waals surface area (Å²) < 4.78 is 6.14.